The molecule has 2 N–H and O–H groups in total. The zero-order chi connectivity index (χ0) is 16.7. The minimum absolute atomic E-state index is 0.152. The minimum atomic E-state index is -0.315. The SMILES string of the molecule is CC1=NNC(=O)C1CCC(=O)N/N=C/C(C)=C/c1ccccc1. The number of amides is 2. The van der Waals surface area contributed by atoms with Crippen LogP contribution in [0.3, 0.4) is 0 Å². The van der Waals surface area contributed by atoms with Gasteiger partial charge in [-0.3, -0.25) is 9.59 Å². The van der Waals surface area contributed by atoms with Crippen LogP contribution in [0, 0.1) is 5.92 Å². The molecule has 0 saturated carbocycles. The maximum absolute atomic E-state index is 11.7. The van der Waals surface area contributed by atoms with Gasteiger partial charge in [0.25, 0.3) is 0 Å². The number of hydrazone groups is 2. The summed E-state index contributed by atoms with van der Waals surface area (Å²) in [5.74, 6) is -0.689. The first-order valence-corrected chi connectivity index (χ1v) is 7.45. The number of carbonyl (C=O) groups is 2. The van der Waals surface area contributed by atoms with Crippen LogP contribution in [0.15, 0.2) is 46.1 Å². The Kier molecular flexibility index (Phi) is 5.80. The lowest BCUT2D eigenvalue weighted by molar-refractivity contribution is -0.123. The van der Waals surface area contributed by atoms with Crippen LogP contribution in [0.4, 0.5) is 0 Å². The van der Waals surface area contributed by atoms with Crippen molar-refractivity contribution in [3.05, 3.63) is 41.5 Å². The quantitative estimate of drug-likeness (QED) is 0.623. The predicted molar refractivity (Wildman–Crippen MR) is 90.7 cm³/mol. The average molecular weight is 312 g/mol. The number of benzene rings is 1. The molecule has 1 aliphatic heterocycles. The predicted octanol–water partition coefficient (Wildman–Crippen LogP) is 2.09. The Morgan fingerprint density at radius 3 is 2.78 bits per heavy atom. The van der Waals surface area contributed by atoms with Gasteiger partial charge in [0, 0.05) is 12.1 Å². The molecule has 1 aromatic rings. The summed E-state index contributed by atoms with van der Waals surface area (Å²) in [6, 6.07) is 9.86. The van der Waals surface area contributed by atoms with Gasteiger partial charge in [0.1, 0.15) is 0 Å². The number of nitrogens with one attached hydrogen (secondary N) is 2. The Labute approximate surface area is 135 Å². The average Bonchev–Trinajstić information content (AvgIpc) is 2.85. The van der Waals surface area contributed by atoms with E-state index in [-0.39, 0.29) is 24.2 Å². The van der Waals surface area contributed by atoms with Gasteiger partial charge in [0.05, 0.1) is 12.1 Å². The number of carbonyl (C=O) groups excluding carboxylic acids is 2. The Morgan fingerprint density at radius 1 is 1.39 bits per heavy atom. The van der Waals surface area contributed by atoms with Crippen LogP contribution < -0.4 is 10.9 Å². The van der Waals surface area contributed by atoms with Gasteiger partial charge in [-0.1, -0.05) is 36.4 Å². The first-order valence-electron chi connectivity index (χ1n) is 7.45. The number of allylic oxidation sites excluding steroid dienone is 1. The largest absolute Gasteiger partial charge is 0.273 e. The highest BCUT2D eigenvalue weighted by molar-refractivity contribution is 6.07. The summed E-state index contributed by atoms with van der Waals surface area (Å²) in [6.07, 6.45) is 4.23. The molecule has 0 bridgehead atoms. The van der Waals surface area contributed by atoms with Crippen LogP contribution >= 0.6 is 0 Å². The lowest BCUT2D eigenvalue weighted by atomic mass is 9.99. The summed E-state index contributed by atoms with van der Waals surface area (Å²) < 4.78 is 0. The molecule has 0 aliphatic carbocycles. The highest BCUT2D eigenvalue weighted by Crippen LogP contribution is 2.13. The van der Waals surface area contributed by atoms with E-state index in [0.717, 1.165) is 11.1 Å². The smallest absolute Gasteiger partial charge is 0.248 e. The third-order valence-corrected chi connectivity index (χ3v) is 3.47. The van der Waals surface area contributed by atoms with Gasteiger partial charge in [-0.15, -0.1) is 0 Å². The fourth-order valence-corrected chi connectivity index (χ4v) is 2.22. The molecule has 1 unspecified atom stereocenters. The monoisotopic (exact) mass is 312 g/mol. The van der Waals surface area contributed by atoms with Crippen molar-refractivity contribution in [2.24, 2.45) is 16.1 Å². The van der Waals surface area contributed by atoms with Gasteiger partial charge in [-0.25, -0.2) is 10.9 Å². The Bertz CT molecular complexity index is 662. The second kappa shape index (κ2) is 8.03. The number of hydrogen-bond donors (Lipinski definition) is 2. The Hall–Kier alpha value is -2.76. The van der Waals surface area contributed by atoms with Crippen molar-refractivity contribution in [1.29, 1.82) is 0 Å². The van der Waals surface area contributed by atoms with Gasteiger partial charge < -0.3 is 0 Å². The van der Waals surface area contributed by atoms with Gasteiger partial charge in [0.15, 0.2) is 0 Å². The maximum atomic E-state index is 11.7. The summed E-state index contributed by atoms with van der Waals surface area (Å²) in [5, 5.41) is 7.78. The van der Waals surface area contributed by atoms with Crippen LogP contribution in [0.1, 0.15) is 32.3 Å². The van der Waals surface area contributed by atoms with Crippen molar-refractivity contribution in [3.63, 3.8) is 0 Å². The van der Waals surface area contributed by atoms with Gasteiger partial charge >= 0.3 is 0 Å². The van der Waals surface area contributed by atoms with Crippen LogP contribution in [0.5, 0.6) is 0 Å². The summed E-state index contributed by atoms with van der Waals surface area (Å²) in [4.78, 5) is 23.2. The summed E-state index contributed by atoms with van der Waals surface area (Å²) in [7, 11) is 0. The fraction of sp³-hybridized carbons (Fsp3) is 0.294. The molecule has 0 radical (unpaired) electrons. The fourth-order valence-electron chi connectivity index (χ4n) is 2.22. The van der Waals surface area contributed by atoms with E-state index in [0.29, 0.717) is 12.1 Å². The van der Waals surface area contributed by atoms with E-state index in [2.05, 4.69) is 21.1 Å². The molecule has 1 aliphatic rings. The third-order valence-electron chi connectivity index (χ3n) is 3.47. The highest BCUT2D eigenvalue weighted by Gasteiger charge is 2.26. The molecular formula is C17H20N4O2. The normalized spacial score (nSPS) is 18.0. The molecule has 1 heterocycles. The second-order valence-corrected chi connectivity index (χ2v) is 5.41. The van der Waals surface area contributed by atoms with Crippen LogP contribution in [0.25, 0.3) is 6.08 Å². The second-order valence-electron chi connectivity index (χ2n) is 5.41. The third kappa shape index (κ3) is 5.18. The van der Waals surface area contributed by atoms with Crippen molar-refractivity contribution >= 4 is 29.8 Å². The van der Waals surface area contributed by atoms with Crippen molar-refractivity contribution in [1.82, 2.24) is 10.9 Å². The molecule has 0 spiro atoms. The molecule has 6 heteroatoms. The highest BCUT2D eigenvalue weighted by atomic mass is 16.2. The summed E-state index contributed by atoms with van der Waals surface area (Å²) >= 11 is 0. The molecular weight excluding hydrogens is 292 g/mol. The molecule has 6 nitrogen and oxygen atoms in total. The Balaban J connectivity index is 1.77. The Morgan fingerprint density at radius 2 is 2.13 bits per heavy atom. The lowest BCUT2D eigenvalue weighted by Crippen LogP contribution is -2.25. The van der Waals surface area contributed by atoms with Gasteiger partial charge in [0.2, 0.25) is 11.8 Å². The van der Waals surface area contributed by atoms with Crippen molar-refractivity contribution in [2.75, 3.05) is 0 Å². The molecule has 2 amide bonds. The standard InChI is InChI=1S/C17H20N4O2/c1-12(10-14-6-4-3-5-7-14)11-18-20-16(22)9-8-15-13(2)19-21-17(15)23/h3-7,10-11,15H,8-9H2,1-2H3,(H,20,22)(H,21,23)/b12-10+,18-11+. The minimum Gasteiger partial charge on any atom is -0.273 e. The van der Waals surface area contributed by atoms with Crippen molar-refractivity contribution in [3.8, 4) is 0 Å². The van der Waals surface area contributed by atoms with E-state index in [1.165, 1.54) is 0 Å². The van der Waals surface area contributed by atoms with E-state index in [1.807, 2.05) is 43.3 Å². The van der Waals surface area contributed by atoms with E-state index < -0.39 is 0 Å². The topological polar surface area (TPSA) is 82.9 Å². The summed E-state index contributed by atoms with van der Waals surface area (Å²) in [5.41, 5.74) is 7.59. The molecule has 1 aromatic carbocycles. The van der Waals surface area contributed by atoms with Crippen molar-refractivity contribution in [2.45, 2.75) is 26.7 Å². The molecule has 1 atom stereocenters. The first kappa shape index (κ1) is 16.6. The van der Waals surface area contributed by atoms with Gasteiger partial charge in [-0.2, -0.15) is 10.2 Å². The van der Waals surface area contributed by atoms with Crippen LogP contribution in [-0.2, 0) is 9.59 Å². The maximum Gasteiger partial charge on any atom is 0.248 e. The zero-order valence-electron chi connectivity index (χ0n) is 13.2. The molecule has 0 fully saturated rings. The van der Waals surface area contributed by atoms with Crippen LogP contribution in [-0.4, -0.2) is 23.7 Å². The zero-order valence-corrected chi connectivity index (χ0v) is 13.2. The first-order chi connectivity index (χ1) is 11.1. The molecule has 23 heavy (non-hydrogen) atoms. The molecule has 2 rings (SSSR count). The number of rotatable bonds is 6. The summed E-state index contributed by atoms with van der Waals surface area (Å²) in [6.45, 7) is 3.68. The van der Waals surface area contributed by atoms with E-state index in [9.17, 15) is 9.59 Å². The molecule has 120 valence electrons. The van der Waals surface area contributed by atoms with Gasteiger partial charge in [-0.05, 0) is 31.4 Å². The number of nitrogens with zero attached hydrogens (tertiary/aromatic N) is 2. The van der Waals surface area contributed by atoms with E-state index in [1.54, 1.807) is 13.1 Å². The van der Waals surface area contributed by atoms with E-state index in [4.69, 9.17) is 0 Å². The van der Waals surface area contributed by atoms with E-state index >= 15 is 0 Å². The lowest BCUT2D eigenvalue weighted by Gasteiger charge is -2.06. The van der Waals surface area contributed by atoms with Crippen LogP contribution in [0.2, 0.25) is 0 Å². The molecule has 0 aromatic heterocycles. The van der Waals surface area contributed by atoms with Crippen molar-refractivity contribution < 1.29 is 9.59 Å². The molecule has 0 saturated heterocycles. The number of hydrogen-bond acceptors (Lipinski definition) is 4.